The van der Waals surface area contributed by atoms with Crippen LogP contribution in [0.25, 0.3) is 16.8 Å². The van der Waals surface area contributed by atoms with E-state index in [0.29, 0.717) is 5.69 Å². The van der Waals surface area contributed by atoms with E-state index in [9.17, 15) is 13.2 Å². The highest BCUT2D eigenvalue weighted by Crippen LogP contribution is 2.30. The van der Waals surface area contributed by atoms with Crippen LogP contribution in [0.3, 0.4) is 0 Å². The van der Waals surface area contributed by atoms with Crippen LogP contribution in [0.1, 0.15) is 11.1 Å². The van der Waals surface area contributed by atoms with Gasteiger partial charge in [-0.25, -0.2) is 4.68 Å². The molecule has 2 aromatic heterocycles. The Morgan fingerprint density at radius 3 is 2.64 bits per heavy atom. The molecule has 0 atom stereocenters. The molecule has 0 aliphatic heterocycles. The number of alkyl halides is 3. The van der Waals surface area contributed by atoms with Crippen LogP contribution in [-0.4, -0.2) is 14.8 Å². The van der Waals surface area contributed by atoms with E-state index in [1.807, 2.05) is 13.0 Å². The number of nitrogens with zero attached hydrogens (tertiary/aromatic N) is 3. The van der Waals surface area contributed by atoms with Gasteiger partial charge in [0.1, 0.15) is 0 Å². The van der Waals surface area contributed by atoms with Gasteiger partial charge in [0.2, 0.25) is 0 Å². The normalized spacial score (nSPS) is 11.6. The molecule has 3 rings (SSSR count). The zero-order valence-electron chi connectivity index (χ0n) is 11.7. The van der Waals surface area contributed by atoms with Gasteiger partial charge in [-0.2, -0.15) is 18.3 Å². The number of aromatic nitrogens is 3. The number of rotatable bonds is 2. The Balaban J connectivity index is 2.00. The van der Waals surface area contributed by atoms with Gasteiger partial charge in [0.05, 0.1) is 17.4 Å². The fourth-order valence-corrected chi connectivity index (χ4v) is 2.19. The first-order valence-corrected chi connectivity index (χ1v) is 6.58. The summed E-state index contributed by atoms with van der Waals surface area (Å²) in [5, 5.41) is 4.15. The molecule has 3 nitrogen and oxygen atoms in total. The number of pyridine rings is 1. The minimum absolute atomic E-state index is 0.364. The predicted octanol–water partition coefficient (Wildman–Crippen LogP) is 4.26. The van der Waals surface area contributed by atoms with Crippen molar-refractivity contribution in [2.45, 2.75) is 13.1 Å². The molecule has 3 aromatic rings. The van der Waals surface area contributed by atoms with E-state index in [1.165, 1.54) is 10.7 Å². The maximum Gasteiger partial charge on any atom is 0.416 e. The quantitative estimate of drug-likeness (QED) is 0.708. The summed E-state index contributed by atoms with van der Waals surface area (Å²) < 4.78 is 39.7. The first-order valence-electron chi connectivity index (χ1n) is 6.58. The van der Waals surface area contributed by atoms with E-state index >= 15 is 0 Å². The van der Waals surface area contributed by atoms with Gasteiger partial charge >= 0.3 is 6.18 Å². The predicted molar refractivity (Wildman–Crippen MR) is 76.5 cm³/mol. The van der Waals surface area contributed by atoms with Gasteiger partial charge in [0.15, 0.2) is 0 Å². The molecule has 0 N–H and O–H groups in total. The Morgan fingerprint density at radius 1 is 1.09 bits per heavy atom. The Morgan fingerprint density at radius 2 is 1.91 bits per heavy atom. The monoisotopic (exact) mass is 303 g/mol. The van der Waals surface area contributed by atoms with Crippen molar-refractivity contribution in [3.8, 4) is 16.8 Å². The summed E-state index contributed by atoms with van der Waals surface area (Å²) in [6.45, 7) is 1.94. The van der Waals surface area contributed by atoms with E-state index < -0.39 is 11.7 Å². The second-order valence-electron chi connectivity index (χ2n) is 4.91. The van der Waals surface area contributed by atoms with Crippen molar-refractivity contribution >= 4 is 0 Å². The lowest BCUT2D eigenvalue weighted by Crippen LogP contribution is -2.06. The zero-order valence-corrected chi connectivity index (χ0v) is 11.7. The SMILES string of the molecule is Cc1ccncc1-c1cnn(-c2cccc(C(F)(F)F)c2)c1. The van der Waals surface area contributed by atoms with Crippen molar-refractivity contribution in [2.75, 3.05) is 0 Å². The van der Waals surface area contributed by atoms with Gasteiger partial charge in [-0.3, -0.25) is 4.98 Å². The topological polar surface area (TPSA) is 30.7 Å². The summed E-state index contributed by atoms with van der Waals surface area (Å²) in [6.07, 6.45) is 2.34. The highest BCUT2D eigenvalue weighted by molar-refractivity contribution is 5.64. The first kappa shape index (κ1) is 14.3. The summed E-state index contributed by atoms with van der Waals surface area (Å²) in [5.41, 5.74) is 2.41. The third-order valence-electron chi connectivity index (χ3n) is 3.37. The molecule has 0 fully saturated rings. The number of hydrogen-bond donors (Lipinski definition) is 0. The Bertz CT molecular complexity index is 806. The maximum atomic E-state index is 12.8. The lowest BCUT2D eigenvalue weighted by Gasteiger charge is -2.08. The number of hydrogen-bond acceptors (Lipinski definition) is 2. The van der Waals surface area contributed by atoms with Crippen LogP contribution in [0.4, 0.5) is 13.2 Å². The molecule has 0 amide bonds. The Labute approximate surface area is 125 Å². The summed E-state index contributed by atoms with van der Waals surface area (Å²) in [6, 6.07) is 6.94. The average Bonchev–Trinajstić information content (AvgIpc) is 2.97. The molecular weight excluding hydrogens is 291 g/mol. The third-order valence-corrected chi connectivity index (χ3v) is 3.37. The van der Waals surface area contributed by atoms with Crippen molar-refractivity contribution < 1.29 is 13.2 Å². The lowest BCUT2D eigenvalue weighted by atomic mass is 10.1. The molecule has 6 heteroatoms. The summed E-state index contributed by atoms with van der Waals surface area (Å²) in [7, 11) is 0. The van der Waals surface area contributed by atoms with E-state index in [-0.39, 0.29) is 0 Å². The van der Waals surface area contributed by atoms with Gasteiger partial charge in [-0.15, -0.1) is 0 Å². The summed E-state index contributed by atoms with van der Waals surface area (Å²) >= 11 is 0. The fourth-order valence-electron chi connectivity index (χ4n) is 2.19. The van der Waals surface area contributed by atoms with Crippen molar-refractivity contribution in [1.82, 2.24) is 14.8 Å². The molecule has 0 saturated carbocycles. The molecule has 2 heterocycles. The molecule has 0 saturated heterocycles. The van der Waals surface area contributed by atoms with Crippen LogP contribution in [0, 0.1) is 6.92 Å². The molecule has 0 unspecified atom stereocenters. The van der Waals surface area contributed by atoms with E-state index in [2.05, 4.69) is 10.1 Å². The first-order chi connectivity index (χ1) is 10.4. The van der Waals surface area contributed by atoms with E-state index in [0.717, 1.165) is 28.8 Å². The van der Waals surface area contributed by atoms with Crippen molar-refractivity contribution in [3.05, 3.63) is 66.2 Å². The smallest absolute Gasteiger partial charge is 0.264 e. The number of halogens is 3. The second-order valence-corrected chi connectivity index (χ2v) is 4.91. The minimum Gasteiger partial charge on any atom is -0.264 e. The maximum absolute atomic E-state index is 12.8. The zero-order chi connectivity index (χ0) is 15.7. The molecule has 0 radical (unpaired) electrons. The van der Waals surface area contributed by atoms with Crippen molar-refractivity contribution in [3.63, 3.8) is 0 Å². The van der Waals surface area contributed by atoms with Gasteiger partial charge in [-0.1, -0.05) is 6.07 Å². The van der Waals surface area contributed by atoms with Crippen molar-refractivity contribution in [2.24, 2.45) is 0 Å². The van der Waals surface area contributed by atoms with Crippen LogP contribution in [0.15, 0.2) is 55.1 Å². The van der Waals surface area contributed by atoms with Crippen LogP contribution in [-0.2, 0) is 6.18 Å². The van der Waals surface area contributed by atoms with Crippen LogP contribution >= 0.6 is 0 Å². The molecular formula is C16H12F3N3. The number of aryl methyl sites for hydroxylation is 1. The van der Waals surface area contributed by atoms with Gasteiger partial charge < -0.3 is 0 Å². The molecule has 0 bridgehead atoms. The molecule has 112 valence electrons. The van der Waals surface area contributed by atoms with E-state index in [1.54, 1.807) is 30.9 Å². The van der Waals surface area contributed by atoms with Crippen molar-refractivity contribution in [1.29, 1.82) is 0 Å². The largest absolute Gasteiger partial charge is 0.416 e. The average molecular weight is 303 g/mol. The lowest BCUT2D eigenvalue weighted by molar-refractivity contribution is -0.137. The third kappa shape index (κ3) is 2.72. The van der Waals surface area contributed by atoms with Crippen LogP contribution in [0.2, 0.25) is 0 Å². The van der Waals surface area contributed by atoms with Gasteiger partial charge in [0.25, 0.3) is 0 Å². The highest BCUT2D eigenvalue weighted by Gasteiger charge is 2.30. The van der Waals surface area contributed by atoms with Gasteiger partial charge in [-0.05, 0) is 36.8 Å². The molecule has 0 spiro atoms. The molecule has 0 aliphatic carbocycles. The highest BCUT2D eigenvalue weighted by atomic mass is 19.4. The Hall–Kier alpha value is -2.63. The minimum atomic E-state index is -4.37. The Kier molecular flexibility index (Phi) is 3.44. The van der Waals surface area contributed by atoms with Crippen LogP contribution in [0.5, 0.6) is 0 Å². The number of benzene rings is 1. The standard InChI is InChI=1S/C16H12F3N3/c1-11-5-6-20-9-15(11)12-8-21-22(10-12)14-4-2-3-13(7-14)16(17,18)19/h2-10H,1H3. The van der Waals surface area contributed by atoms with E-state index in [4.69, 9.17) is 0 Å². The molecule has 0 aliphatic rings. The molecule has 22 heavy (non-hydrogen) atoms. The van der Waals surface area contributed by atoms with Crippen LogP contribution < -0.4 is 0 Å². The summed E-state index contributed by atoms with van der Waals surface area (Å²) in [4.78, 5) is 4.06. The van der Waals surface area contributed by atoms with Gasteiger partial charge in [0, 0.05) is 29.7 Å². The summed E-state index contributed by atoms with van der Waals surface area (Å²) in [5.74, 6) is 0. The molecule has 1 aromatic carbocycles. The fraction of sp³-hybridized carbons (Fsp3) is 0.125. The second kappa shape index (κ2) is 5.29.